The van der Waals surface area contributed by atoms with Crippen molar-refractivity contribution in [1.82, 2.24) is 14.9 Å². The Morgan fingerprint density at radius 2 is 1.78 bits per heavy atom. The molecule has 1 saturated heterocycles. The van der Waals surface area contributed by atoms with Crippen LogP contribution in [0.1, 0.15) is 19.8 Å². The van der Waals surface area contributed by atoms with Gasteiger partial charge in [-0.15, -0.1) is 0 Å². The van der Waals surface area contributed by atoms with Crippen LogP contribution in [0, 0.1) is 0 Å². The molecule has 3 aromatic rings. The Labute approximate surface area is 171 Å². The second-order valence-electron chi connectivity index (χ2n) is 6.67. The number of rotatable bonds is 4. The van der Waals surface area contributed by atoms with Crippen LogP contribution >= 0.6 is 27.7 Å². The van der Waals surface area contributed by atoms with Gasteiger partial charge in [-0.1, -0.05) is 58.0 Å². The first-order valence-electron chi connectivity index (χ1n) is 9.10. The predicted octanol–water partition coefficient (Wildman–Crippen LogP) is 5.16. The fraction of sp³-hybridized carbons (Fsp3) is 0.286. The largest absolute Gasteiger partial charge is 0.342 e. The maximum Gasteiger partial charge on any atom is 0.235 e. The Kier molecular flexibility index (Phi) is 5.45. The molecule has 1 aliphatic rings. The molecule has 1 aromatic heterocycles. The zero-order valence-corrected chi connectivity index (χ0v) is 17.5. The van der Waals surface area contributed by atoms with Gasteiger partial charge >= 0.3 is 0 Å². The zero-order valence-electron chi connectivity index (χ0n) is 15.1. The highest BCUT2D eigenvalue weighted by Gasteiger charge is 2.25. The highest BCUT2D eigenvalue weighted by molar-refractivity contribution is 9.10. The average Bonchev–Trinajstić information content (AvgIpc) is 3.22. The van der Waals surface area contributed by atoms with Crippen LogP contribution in [0.25, 0.3) is 22.3 Å². The maximum absolute atomic E-state index is 12.7. The third-order valence-corrected chi connectivity index (χ3v) is 6.34. The SMILES string of the molecule is CC(Sc1nc(-c2ccc(Br)cc2)nc2ccccc12)C(=O)N1CCCC1. The third kappa shape index (κ3) is 4.01. The molecule has 1 aliphatic heterocycles. The van der Waals surface area contributed by atoms with E-state index in [0.717, 1.165) is 51.9 Å². The van der Waals surface area contributed by atoms with Crippen molar-refractivity contribution in [3.8, 4) is 11.4 Å². The van der Waals surface area contributed by atoms with Crippen LogP contribution in [-0.4, -0.2) is 39.1 Å². The number of benzene rings is 2. The minimum atomic E-state index is -0.167. The summed E-state index contributed by atoms with van der Waals surface area (Å²) in [6.07, 6.45) is 2.21. The van der Waals surface area contributed by atoms with Crippen LogP contribution in [0.5, 0.6) is 0 Å². The molecule has 2 heterocycles. The van der Waals surface area contributed by atoms with E-state index in [9.17, 15) is 4.79 Å². The van der Waals surface area contributed by atoms with Crippen molar-refractivity contribution in [2.75, 3.05) is 13.1 Å². The monoisotopic (exact) mass is 441 g/mol. The van der Waals surface area contributed by atoms with E-state index in [2.05, 4.69) is 15.9 Å². The molecule has 0 spiro atoms. The molecular formula is C21H20BrN3OS. The van der Waals surface area contributed by atoms with Crippen molar-refractivity contribution < 1.29 is 4.79 Å². The first-order chi connectivity index (χ1) is 13.1. The number of hydrogen-bond donors (Lipinski definition) is 0. The van der Waals surface area contributed by atoms with E-state index in [1.54, 1.807) is 0 Å². The molecule has 2 aromatic carbocycles. The van der Waals surface area contributed by atoms with Gasteiger partial charge in [0, 0.05) is 28.5 Å². The molecule has 4 rings (SSSR count). The summed E-state index contributed by atoms with van der Waals surface area (Å²) >= 11 is 4.99. The van der Waals surface area contributed by atoms with Crippen molar-refractivity contribution in [2.24, 2.45) is 0 Å². The first kappa shape index (κ1) is 18.4. The van der Waals surface area contributed by atoms with Gasteiger partial charge in [0.15, 0.2) is 5.82 Å². The van der Waals surface area contributed by atoms with E-state index in [4.69, 9.17) is 9.97 Å². The molecule has 0 bridgehead atoms. The summed E-state index contributed by atoms with van der Waals surface area (Å²) in [5.74, 6) is 0.884. The molecule has 1 fully saturated rings. The maximum atomic E-state index is 12.7. The number of hydrogen-bond acceptors (Lipinski definition) is 4. The van der Waals surface area contributed by atoms with Crippen molar-refractivity contribution in [3.63, 3.8) is 0 Å². The summed E-state index contributed by atoms with van der Waals surface area (Å²) < 4.78 is 1.02. The number of likely N-dealkylation sites (tertiary alicyclic amines) is 1. The van der Waals surface area contributed by atoms with Gasteiger partial charge in [-0.3, -0.25) is 4.79 Å². The molecule has 1 atom stereocenters. The van der Waals surface area contributed by atoms with Gasteiger partial charge < -0.3 is 4.90 Å². The van der Waals surface area contributed by atoms with Crippen molar-refractivity contribution in [1.29, 1.82) is 0 Å². The highest BCUT2D eigenvalue weighted by atomic mass is 79.9. The third-order valence-electron chi connectivity index (χ3n) is 4.72. The van der Waals surface area contributed by atoms with Crippen LogP contribution < -0.4 is 0 Å². The minimum absolute atomic E-state index is 0.167. The molecule has 138 valence electrons. The molecule has 4 nitrogen and oxygen atoms in total. The lowest BCUT2D eigenvalue weighted by Gasteiger charge is -2.20. The fourth-order valence-corrected chi connectivity index (χ4v) is 4.57. The van der Waals surface area contributed by atoms with Crippen molar-refractivity contribution >= 4 is 44.5 Å². The van der Waals surface area contributed by atoms with Crippen LogP contribution in [0.3, 0.4) is 0 Å². The number of para-hydroxylation sites is 1. The molecule has 27 heavy (non-hydrogen) atoms. The molecule has 0 N–H and O–H groups in total. The number of nitrogens with zero attached hydrogens (tertiary/aromatic N) is 3. The number of carbonyl (C=O) groups excluding carboxylic acids is 1. The van der Waals surface area contributed by atoms with Crippen LogP contribution in [0.15, 0.2) is 58.0 Å². The van der Waals surface area contributed by atoms with Gasteiger partial charge in [0.25, 0.3) is 0 Å². The standard InChI is InChI=1S/C21H20BrN3OS/c1-14(21(26)25-12-4-5-13-25)27-20-17-6-2-3-7-18(17)23-19(24-20)15-8-10-16(22)11-9-15/h2-3,6-11,14H,4-5,12-13H2,1H3. The molecule has 0 aliphatic carbocycles. The predicted molar refractivity (Wildman–Crippen MR) is 114 cm³/mol. The zero-order chi connectivity index (χ0) is 18.8. The summed E-state index contributed by atoms with van der Waals surface area (Å²) in [5, 5.41) is 1.68. The topological polar surface area (TPSA) is 46.1 Å². The van der Waals surface area contributed by atoms with Gasteiger partial charge in [0.05, 0.1) is 10.8 Å². The Morgan fingerprint density at radius 3 is 2.52 bits per heavy atom. The summed E-state index contributed by atoms with van der Waals surface area (Å²) in [6.45, 7) is 3.72. The van der Waals surface area contributed by atoms with Crippen LogP contribution in [0.4, 0.5) is 0 Å². The lowest BCUT2D eigenvalue weighted by atomic mass is 10.2. The van der Waals surface area contributed by atoms with E-state index < -0.39 is 0 Å². The minimum Gasteiger partial charge on any atom is -0.342 e. The summed E-state index contributed by atoms with van der Waals surface area (Å²) in [6, 6.07) is 16.0. The fourth-order valence-electron chi connectivity index (χ4n) is 3.28. The lowest BCUT2D eigenvalue weighted by molar-refractivity contribution is -0.129. The number of carbonyl (C=O) groups is 1. The summed E-state index contributed by atoms with van der Waals surface area (Å²) in [7, 11) is 0. The van der Waals surface area contributed by atoms with Gasteiger partial charge in [0.1, 0.15) is 5.03 Å². The Balaban J connectivity index is 1.70. The van der Waals surface area contributed by atoms with E-state index >= 15 is 0 Å². The van der Waals surface area contributed by atoms with Gasteiger partial charge in [-0.2, -0.15) is 0 Å². The first-order valence-corrected chi connectivity index (χ1v) is 10.8. The molecule has 6 heteroatoms. The second-order valence-corrected chi connectivity index (χ2v) is 8.91. The smallest absolute Gasteiger partial charge is 0.235 e. The Bertz CT molecular complexity index is 971. The van der Waals surface area contributed by atoms with Gasteiger partial charge in [-0.25, -0.2) is 9.97 Å². The average molecular weight is 442 g/mol. The van der Waals surface area contributed by atoms with E-state index in [0.29, 0.717) is 5.82 Å². The van der Waals surface area contributed by atoms with Crippen LogP contribution in [0.2, 0.25) is 0 Å². The Morgan fingerprint density at radius 1 is 1.07 bits per heavy atom. The number of halogens is 1. The summed E-state index contributed by atoms with van der Waals surface area (Å²) in [5.41, 5.74) is 1.86. The molecule has 1 amide bonds. The number of fused-ring (bicyclic) bond motifs is 1. The number of thioether (sulfide) groups is 1. The van der Waals surface area contributed by atoms with E-state index in [-0.39, 0.29) is 11.2 Å². The van der Waals surface area contributed by atoms with E-state index in [1.165, 1.54) is 11.8 Å². The summed E-state index contributed by atoms with van der Waals surface area (Å²) in [4.78, 5) is 24.2. The Hall–Kier alpha value is -1.92. The molecule has 1 unspecified atom stereocenters. The quantitative estimate of drug-likeness (QED) is 0.414. The second kappa shape index (κ2) is 7.98. The van der Waals surface area contributed by atoms with E-state index in [1.807, 2.05) is 60.4 Å². The van der Waals surface area contributed by atoms with Crippen molar-refractivity contribution in [2.45, 2.75) is 30.0 Å². The normalized spacial score (nSPS) is 15.3. The van der Waals surface area contributed by atoms with Gasteiger partial charge in [-0.05, 0) is 38.0 Å². The molecule has 0 radical (unpaired) electrons. The van der Waals surface area contributed by atoms with Crippen LogP contribution in [-0.2, 0) is 4.79 Å². The van der Waals surface area contributed by atoms with Crippen molar-refractivity contribution in [3.05, 3.63) is 53.0 Å². The number of aromatic nitrogens is 2. The van der Waals surface area contributed by atoms with Gasteiger partial charge in [0.2, 0.25) is 5.91 Å². The molecular weight excluding hydrogens is 422 g/mol. The number of amides is 1. The highest BCUT2D eigenvalue weighted by Crippen LogP contribution is 2.32. The molecule has 0 saturated carbocycles. The lowest BCUT2D eigenvalue weighted by Crippen LogP contribution is -2.34.